The molecule has 0 aromatic heterocycles. The number of hydrogen-bond acceptors (Lipinski definition) is 4. The van der Waals surface area contributed by atoms with Crippen LogP contribution in [0.15, 0.2) is 48.5 Å². The lowest BCUT2D eigenvalue weighted by molar-refractivity contribution is -0.144. The number of piperidine rings is 1. The number of nitrogens with zero attached hydrogens (tertiary/aromatic N) is 2. The number of carbonyl (C=O) groups is 2. The second kappa shape index (κ2) is 8.86. The first-order valence-corrected chi connectivity index (χ1v) is 11.3. The van der Waals surface area contributed by atoms with E-state index in [2.05, 4.69) is 17.0 Å². The van der Waals surface area contributed by atoms with Crippen molar-refractivity contribution in [2.45, 2.75) is 37.1 Å². The van der Waals surface area contributed by atoms with E-state index in [1.54, 1.807) is 6.92 Å². The Morgan fingerprint density at radius 2 is 1.73 bits per heavy atom. The molecule has 5 nitrogen and oxygen atoms in total. The van der Waals surface area contributed by atoms with Crippen LogP contribution in [-0.4, -0.2) is 55.5 Å². The fraction of sp³-hybridized carbons (Fsp3) is 0.462. The van der Waals surface area contributed by atoms with E-state index in [9.17, 15) is 18.4 Å². The number of likely N-dealkylation sites (tertiary alicyclic amines) is 1. The van der Waals surface area contributed by atoms with Gasteiger partial charge in [-0.15, -0.1) is 0 Å². The van der Waals surface area contributed by atoms with Crippen molar-refractivity contribution in [1.29, 1.82) is 0 Å². The molecule has 7 heteroatoms. The molecule has 1 aliphatic heterocycles. The minimum Gasteiger partial charge on any atom is -0.468 e. The number of rotatable bonds is 6. The van der Waals surface area contributed by atoms with Gasteiger partial charge >= 0.3 is 5.97 Å². The summed E-state index contributed by atoms with van der Waals surface area (Å²) < 4.78 is 32.4. The molecule has 0 N–H and O–H groups in total. The molecule has 2 aliphatic rings. The Morgan fingerprint density at radius 1 is 1.06 bits per heavy atom. The molecule has 1 saturated carbocycles. The Kier molecular flexibility index (Phi) is 6.27. The smallest absolute Gasteiger partial charge is 0.316 e. The number of methoxy groups -OCH3 is 1. The summed E-state index contributed by atoms with van der Waals surface area (Å²) in [4.78, 5) is 29.1. The normalized spacial score (nSPS) is 24.2. The van der Waals surface area contributed by atoms with Gasteiger partial charge in [0.2, 0.25) is 5.91 Å². The lowest BCUT2D eigenvalue weighted by Crippen LogP contribution is -2.53. The van der Waals surface area contributed by atoms with Gasteiger partial charge in [-0.25, -0.2) is 8.78 Å². The number of halogens is 2. The summed E-state index contributed by atoms with van der Waals surface area (Å²) in [5.74, 6) is -2.31. The van der Waals surface area contributed by atoms with Crippen LogP contribution in [0.3, 0.4) is 0 Å². The maximum Gasteiger partial charge on any atom is 0.316 e. The van der Waals surface area contributed by atoms with Crippen LogP contribution < -0.4 is 0 Å². The minimum atomic E-state index is -0.959. The predicted octanol–water partition coefficient (Wildman–Crippen LogP) is 3.87. The quantitative estimate of drug-likeness (QED) is 0.620. The highest BCUT2D eigenvalue weighted by molar-refractivity contribution is 5.87. The summed E-state index contributed by atoms with van der Waals surface area (Å²) in [5.41, 5.74) is 0.282. The largest absolute Gasteiger partial charge is 0.468 e. The zero-order valence-electron chi connectivity index (χ0n) is 19.3. The van der Waals surface area contributed by atoms with Gasteiger partial charge in [-0.05, 0) is 48.4 Å². The maximum absolute atomic E-state index is 13.9. The van der Waals surface area contributed by atoms with Gasteiger partial charge in [-0.2, -0.15) is 0 Å². The van der Waals surface area contributed by atoms with Gasteiger partial charge in [0.05, 0.1) is 18.1 Å². The van der Waals surface area contributed by atoms with Gasteiger partial charge in [0, 0.05) is 33.6 Å². The first kappa shape index (κ1) is 23.4. The zero-order chi connectivity index (χ0) is 23.8. The van der Waals surface area contributed by atoms with E-state index >= 15 is 0 Å². The number of hydrogen-bond donors (Lipinski definition) is 0. The van der Waals surface area contributed by atoms with Gasteiger partial charge in [0.25, 0.3) is 0 Å². The highest BCUT2D eigenvalue weighted by Crippen LogP contribution is 2.56. The number of carbonyl (C=O) groups excluding carboxylic acids is 2. The standard InChI is InChI=1S/C26H30F2N2O3/c1-18(31)29(2)25(19-7-5-4-6-8-19)11-13-30(14-12-25)17-21-16-26(21,24(32)33-3)20-9-10-22(27)23(28)15-20/h4-10,15,21H,11-14,16-17H2,1-3H3. The number of esters is 1. The highest BCUT2D eigenvalue weighted by atomic mass is 19.2. The van der Waals surface area contributed by atoms with Crippen LogP contribution in [0.1, 0.15) is 37.3 Å². The average molecular weight is 457 g/mol. The average Bonchev–Trinajstić information content (AvgIpc) is 3.55. The van der Waals surface area contributed by atoms with Crippen molar-refractivity contribution in [3.63, 3.8) is 0 Å². The van der Waals surface area contributed by atoms with E-state index in [-0.39, 0.29) is 17.4 Å². The van der Waals surface area contributed by atoms with Crippen molar-refractivity contribution in [3.05, 3.63) is 71.3 Å². The van der Waals surface area contributed by atoms with Crippen molar-refractivity contribution < 1.29 is 23.1 Å². The third kappa shape index (κ3) is 4.03. The molecule has 0 radical (unpaired) electrons. The molecule has 0 bridgehead atoms. The van der Waals surface area contributed by atoms with Crippen molar-refractivity contribution in [2.75, 3.05) is 33.8 Å². The summed E-state index contributed by atoms with van der Waals surface area (Å²) in [7, 11) is 3.18. The third-order valence-electron chi connectivity index (χ3n) is 7.68. The molecule has 2 fully saturated rings. The summed E-state index contributed by atoms with van der Waals surface area (Å²) in [6, 6.07) is 13.8. The molecule has 1 aliphatic carbocycles. The third-order valence-corrected chi connectivity index (χ3v) is 7.68. The molecule has 0 spiro atoms. The minimum absolute atomic E-state index is 0.0255. The van der Waals surface area contributed by atoms with E-state index in [1.165, 1.54) is 13.2 Å². The first-order chi connectivity index (χ1) is 15.7. The van der Waals surface area contributed by atoms with Crippen LogP contribution in [0.2, 0.25) is 0 Å². The summed E-state index contributed by atoms with van der Waals surface area (Å²) >= 11 is 0. The molecular formula is C26H30F2N2O3. The van der Waals surface area contributed by atoms with Crippen LogP contribution in [-0.2, 0) is 25.3 Å². The Hall–Kier alpha value is -2.80. The van der Waals surface area contributed by atoms with Gasteiger partial charge < -0.3 is 14.5 Å². The Bertz CT molecular complexity index is 1040. The Morgan fingerprint density at radius 3 is 2.30 bits per heavy atom. The molecule has 2 aromatic carbocycles. The van der Waals surface area contributed by atoms with Crippen molar-refractivity contribution in [2.24, 2.45) is 5.92 Å². The SMILES string of the molecule is COC(=O)C1(c2ccc(F)c(F)c2)CC1CN1CCC(c2ccccc2)(N(C)C(C)=O)CC1. The summed E-state index contributed by atoms with van der Waals surface area (Å²) in [5, 5.41) is 0. The molecule has 1 heterocycles. The van der Waals surface area contributed by atoms with E-state index in [0.717, 1.165) is 43.6 Å². The Labute approximate surface area is 193 Å². The number of amides is 1. The molecule has 176 valence electrons. The fourth-order valence-electron chi connectivity index (χ4n) is 5.51. The van der Waals surface area contributed by atoms with E-state index in [1.807, 2.05) is 30.1 Å². The summed E-state index contributed by atoms with van der Waals surface area (Å²) in [6.07, 6.45) is 2.09. The van der Waals surface area contributed by atoms with Crippen molar-refractivity contribution in [1.82, 2.24) is 9.80 Å². The van der Waals surface area contributed by atoms with Crippen molar-refractivity contribution in [3.8, 4) is 0 Å². The van der Waals surface area contributed by atoms with Gasteiger partial charge in [0.15, 0.2) is 11.6 Å². The zero-order valence-corrected chi connectivity index (χ0v) is 19.3. The topological polar surface area (TPSA) is 49.9 Å². The monoisotopic (exact) mass is 456 g/mol. The number of benzene rings is 2. The van der Waals surface area contributed by atoms with Crippen LogP contribution in [0.4, 0.5) is 8.78 Å². The van der Waals surface area contributed by atoms with Crippen LogP contribution in [0, 0.1) is 17.6 Å². The maximum atomic E-state index is 13.9. The molecule has 2 unspecified atom stereocenters. The molecular weight excluding hydrogens is 426 g/mol. The Balaban J connectivity index is 1.51. The number of ether oxygens (including phenoxy) is 1. The van der Waals surface area contributed by atoms with Crippen molar-refractivity contribution >= 4 is 11.9 Å². The van der Waals surface area contributed by atoms with E-state index in [0.29, 0.717) is 18.5 Å². The van der Waals surface area contributed by atoms with Gasteiger partial charge in [0.1, 0.15) is 0 Å². The molecule has 2 atom stereocenters. The van der Waals surface area contributed by atoms with Gasteiger partial charge in [-0.3, -0.25) is 9.59 Å². The van der Waals surface area contributed by atoms with E-state index < -0.39 is 23.0 Å². The van der Waals surface area contributed by atoms with Crippen LogP contribution in [0.25, 0.3) is 0 Å². The molecule has 2 aromatic rings. The van der Waals surface area contributed by atoms with Crippen LogP contribution >= 0.6 is 0 Å². The van der Waals surface area contributed by atoms with E-state index in [4.69, 9.17) is 4.74 Å². The fourth-order valence-corrected chi connectivity index (χ4v) is 5.51. The summed E-state index contributed by atoms with van der Waals surface area (Å²) in [6.45, 7) is 3.77. The second-order valence-corrected chi connectivity index (χ2v) is 9.27. The first-order valence-electron chi connectivity index (χ1n) is 11.3. The van der Waals surface area contributed by atoms with Gasteiger partial charge in [-0.1, -0.05) is 36.4 Å². The molecule has 1 saturated heterocycles. The molecule has 4 rings (SSSR count). The lowest BCUT2D eigenvalue weighted by Gasteiger charge is -2.47. The second-order valence-electron chi connectivity index (χ2n) is 9.27. The van der Waals surface area contributed by atoms with Crippen LogP contribution in [0.5, 0.6) is 0 Å². The lowest BCUT2D eigenvalue weighted by atomic mass is 9.79. The highest BCUT2D eigenvalue weighted by Gasteiger charge is 2.62. The molecule has 1 amide bonds. The predicted molar refractivity (Wildman–Crippen MR) is 120 cm³/mol. The molecule has 33 heavy (non-hydrogen) atoms.